The largest absolute Gasteiger partial charge is 0.310 e. The van der Waals surface area contributed by atoms with Gasteiger partial charge in [0.15, 0.2) is 0 Å². The number of alkyl halides is 3. The maximum absolute atomic E-state index is 5.88. The molecule has 0 spiro atoms. The van der Waals surface area contributed by atoms with Gasteiger partial charge in [-0.3, -0.25) is 0 Å². The smallest absolute Gasteiger partial charge is 0.149 e. The number of hydrogen-bond donors (Lipinski definition) is 1. The summed E-state index contributed by atoms with van der Waals surface area (Å²) in [6.07, 6.45) is 3.41. The Kier molecular flexibility index (Phi) is 2.41. The average Bonchev–Trinajstić information content (AvgIpc) is 1.77. The first-order valence-corrected chi connectivity index (χ1v) is 4.45. The zero-order valence-corrected chi connectivity index (χ0v) is 7.81. The van der Waals surface area contributed by atoms with Crippen LogP contribution in [0.1, 0.15) is 25.7 Å². The Bertz CT molecular complexity index is 117. The van der Waals surface area contributed by atoms with Crippen LogP contribution in [-0.4, -0.2) is 9.33 Å². The summed E-state index contributed by atoms with van der Waals surface area (Å²) in [5, 5.41) is 0. The molecule has 0 aliphatic heterocycles. The minimum absolute atomic E-state index is 0.691. The molecule has 0 aromatic rings. The third-order valence-corrected chi connectivity index (χ3v) is 3.65. The summed E-state index contributed by atoms with van der Waals surface area (Å²) in [6, 6.07) is 0. The molecular formula is C6H10Cl3N. The number of hydrogen-bond acceptors (Lipinski definition) is 1. The predicted octanol–water partition coefficient (Wildman–Crippen LogP) is 2.63. The highest BCUT2D eigenvalue weighted by molar-refractivity contribution is 6.53. The molecule has 1 unspecified atom stereocenters. The van der Waals surface area contributed by atoms with Crippen LogP contribution in [0.2, 0.25) is 0 Å². The van der Waals surface area contributed by atoms with Crippen molar-refractivity contribution < 1.29 is 0 Å². The highest BCUT2D eigenvalue weighted by atomic mass is 35.5. The highest BCUT2D eigenvalue weighted by Crippen LogP contribution is 2.46. The van der Waals surface area contributed by atoms with Crippen LogP contribution in [0.25, 0.3) is 0 Å². The summed E-state index contributed by atoms with van der Waals surface area (Å²) in [4.78, 5) is -0.922. The Morgan fingerprint density at radius 3 is 1.80 bits per heavy atom. The summed E-state index contributed by atoms with van der Waals surface area (Å²) in [6.45, 7) is 0. The fraction of sp³-hybridized carbons (Fsp3) is 1.00. The quantitative estimate of drug-likeness (QED) is 0.474. The molecule has 2 N–H and O–H groups in total. The second-order valence-electron chi connectivity index (χ2n) is 2.77. The molecule has 1 nitrogen and oxygen atoms in total. The molecular weight excluding hydrogens is 192 g/mol. The number of nitrogens with two attached hydrogens (primary N) is 1. The van der Waals surface area contributed by atoms with E-state index in [1.165, 1.54) is 0 Å². The third-order valence-electron chi connectivity index (χ3n) is 1.89. The summed E-state index contributed by atoms with van der Waals surface area (Å²) < 4.78 is -0.938. The number of rotatable bonds is 0. The van der Waals surface area contributed by atoms with E-state index in [1.54, 1.807) is 0 Å². The van der Waals surface area contributed by atoms with Gasteiger partial charge in [-0.1, -0.05) is 47.6 Å². The molecule has 0 saturated heterocycles. The van der Waals surface area contributed by atoms with Crippen molar-refractivity contribution in [1.29, 1.82) is 0 Å². The Morgan fingerprint density at radius 1 is 1.00 bits per heavy atom. The fourth-order valence-corrected chi connectivity index (χ4v) is 1.80. The van der Waals surface area contributed by atoms with Gasteiger partial charge in [-0.15, -0.1) is 0 Å². The maximum atomic E-state index is 5.88. The molecule has 0 aromatic carbocycles. The fourth-order valence-electron chi connectivity index (χ4n) is 1.12. The molecule has 60 valence electrons. The minimum Gasteiger partial charge on any atom is -0.310 e. The molecule has 0 amide bonds. The van der Waals surface area contributed by atoms with Gasteiger partial charge in [0.25, 0.3) is 0 Å². The molecule has 1 fully saturated rings. The molecule has 4 heteroatoms. The van der Waals surface area contributed by atoms with Crippen LogP contribution < -0.4 is 5.73 Å². The summed E-state index contributed by atoms with van der Waals surface area (Å²) in [5.41, 5.74) is 5.66. The van der Waals surface area contributed by atoms with Crippen molar-refractivity contribution in [2.75, 3.05) is 0 Å². The van der Waals surface area contributed by atoms with Crippen molar-refractivity contribution in [3.8, 4) is 0 Å². The lowest BCUT2D eigenvalue weighted by atomic mass is 9.94. The Balaban J connectivity index is 2.70. The van der Waals surface area contributed by atoms with Crippen molar-refractivity contribution in [2.45, 2.75) is 35.0 Å². The summed E-state index contributed by atoms with van der Waals surface area (Å²) in [7, 11) is 0. The van der Waals surface area contributed by atoms with Gasteiger partial charge >= 0.3 is 0 Å². The van der Waals surface area contributed by atoms with Crippen LogP contribution in [0.15, 0.2) is 0 Å². The minimum atomic E-state index is -0.938. The standard InChI is InChI=1S/C6H10Cl3N/c7-5(8)3-1-2-4-6(5,9)10/h1-4,10H2. The Morgan fingerprint density at radius 2 is 1.50 bits per heavy atom. The third kappa shape index (κ3) is 1.53. The zero-order valence-electron chi connectivity index (χ0n) is 5.54. The van der Waals surface area contributed by atoms with Gasteiger partial charge < -0.3 is 5.73 Å². The second-order valence-corrected chi connectivity index (χ2v) is 4.93. The van der Waals surface area contributed by atoms with Crippen molar-refractivity contribution in [3.05, 3.63) is 0 Å². The van der Waals surface area contributed by atoms with Crippen molar-refractivity contribution >= 4 is 34.8 Å². The normalized spacial score (nSPS) is 39.6. The van der Waals surface area contributed by atoms with Crippen LogP contribution in [-0.2, 0) is 0 Å². The van der Waals surface area contributed by atoms with Crippen LogP contribution in [0.4, 0.5) is 0 Å². The van der Waals surface area contributed by atoms with E-state index in [0.717, 1.165) is 12.8 Å². The zero-order chi connectivity index (χ0) is 7.83. The van der Waals surface area contributed by atoms with E-state index in [9.17, 15) is 0 Å². The van der Waals surface area contributed by atoms with E-state index in [1.807, 2.05) is 0 Å². The van der Waals surface area contributed by atoms with Gasteiger partial charge in [0.1, 0.15) is 9.33 Å². The lowest BCUT2D eigenvalue weighted by Crippen LogP contribution is -2.51. The van der Waals surface area contributed by atoms with Crippen LogP contribution in [0.5, 0.6) is 0 Å². The Labute approximate surface area is 75.8 Å². The first-order chi connectivity index (χ1) is 4.46. The molecule has 0 radical (unpaired) electrons. The highest BCUT2D eigenvalue weighted by Gasteiger charge is 2.46. The van der Waals surface area contributed by atoms with Gasteiger partial charge in [0.05, 0.1) is 0 Å². The SMILES string of the molecule is NC1(Cl)CCCCC1(Cl)Cl. The molecule has 1 saturated carbocycles. The van der Waals surface area contributed by atoms with E-state index in [-0.39, 0.29) is 0 Å². The number of halogens is 3. The lowest BCUT2D eigenvalue weighted by Gasteiger charge is -2.38. The van der Waals surface area contributed by atoms with Crippen LogP contribution >= 0.6 is 34.8 Å². The maximum Gasteiger partial charge on any atom is 0.149 e. The molecule has 0 aromatic heterocycles. The summed E-state index contributed by atoms with van der Waals surface area (Å²) in [5.74, 6) is 0. The monoisotopic (exact) mass is 201 g/mol. The van der Waals surface area contributed by atoms with E-state index in [4.69, 9.17) is 40.5 Å². The topological polar surface area (TPSA) is 26.0 Å². The van der Waals surface area contributed by atoms with Gasteiger partial charge in [-0.25, -0.2) is 0 Å². The van der Waals surface area contributed by atoms with Gasteiger partial charge in [-0.05, 0) is 12.8 Å². The second kappa shape index (κ2) is 2.71. The molecule has 1 atom stereocenters. The van der Waals surface area contributed by atoms with Crippen LogP contribution in [0, 0.1) is 0 Å². The molecule has 1 aliphatic carbocycles. The van der Waals surface area contributed by atoms with E-state index in [2.05, 4.69) is 0 Å². The van der Waals surface area contributed by atoms with Gasteiger partial charge in [0, 0.05) is 0 Å². The Hall–Kier alpha value is 0.830. The van der Waals surface area contributed by atoms with Crippen molar-refractivity contribution in [1.82, 2.24) is 0 Å². The molecule has 0 bridgehead atoms. The summed E-state index contributed by atoms with van der Waals surface area (Å²) >= 11 is 17.6. The molecule has 10 heavy (non-hydrogen) atoms. The molecule has 1 rings (SSSR count). The van der Waals surface area contributed by atoms with Gasteiger partial charge in [0.2, 0.25) is 0 Å². The first kappa shape index (κ1) is 8.92. The predicted molar refractivity (Wildman–Crippen MR) is 45.7 cm³/mol. The van der Waals surface area contributed by atoms with E-state index in [0.29, 0.717) is 12.8 Å². The van der Waals surface area contributed by atoms with Crippen molar-refractivity contribution in [3.63, 3.8) is 0 Å². The van der Waals surface area contributed by atoms with Gasteiger partial charge in [-0.2, -0.15) is 0 Å². The molecule has 1 aliphatic rings. The van der Waals surface area contributed by atoms with E-state index >= 15 is 0 Å². The average molecular weight is 203 g/mol. The van der Waals surface area contributed by atoms with Crippen molar-refractivity contribution in [2.24, 2.45) is 5.73 Å². The first-order valence-electron chi connectivity index (χ1n) is 3.31. The van der Waals surface area contributed by atoms with Crippen LogP contribution in [0.3, 0.4) is 0 Å². The lowest BCUT2D eigenvalue weighted by molar-refractivity contribution is 0.376. The van der Waals surface area contributed by atoms with E-state index < -0.39 is 9.33 Å². The molecule has 0 heterocycles.